The number of rotatable bonds is 7. The Morgan fingerprint density at radius 3 is 2.90 bits per heavy atom. The fourth-order valence-corrected chi connectivity index (χ4v) is 3.63. The van der Waals surface area contributed by atoms with Crippen LogP contribution in [0.15, 0.2) is 16.7 Å². The summed E-state index contributed by atoms with van der Waals surface area (Å²) < 4.78 is 11.8. The molecule has 1 aromatic rings. The largest absolute Gasteiger partial charge is 0.467 e. The predicted octanol–water partition coefficient (Wildman–Crippen LogP) is 4.51. The van der Waals surface area contributed by atoms with Crippen molar-refractivity contribution in [1.82, 2.24) is 5.32 Å². The Labute approximate surface area is 129 Å². The van der Waals surface area contributed by atoms with Gasteiger partial charge in [0.15, 0.2) is 0 Å². The number of nitrogens with one attached hydrogen (secondary N) is 1. The van der Waals surface area contributed by atoms with Crippen molar-refractivity contribution in [2.24, 2.45) is 11.3 Å². The van der Waals surface area contributed by atoms with E-state index in [-0.39, 0.29) is 0 Å². The van der Waals surface area contributed by atoms with Crippen molar-refractivity contribution >= 4 is 0 Å². The molecule has 0 amide bonds. The van der Waals surface area contributed by atoms with E-state index in [2.05, 4.69) is 39.1 Å². The van der Waals surface area contributed by atoms with Gasteiger partial charge in [-0.05, 0) is 49.6 Å². The summed E-state index contributed by atoms with van der Waals surface area (Å²) in [6.07, 6.45) is 6.92. The van der Waals surface area contributed by atoms with Crippen molar-refractivity contribution in [3.05, 3.63) is 23.7 Å². The van der Waals surface area contributed by atoms with E-state index < -0.39 is 0 Å². The predicted molar refractivity (Wildman–Crippen MR) is 86.1 cm³/mol. The summed E-state index contributed by atoms with van der Waals surface area (Å²) in [6, 6.07) is 2.05. The summed E-state index contributed by atoms with van der Waals surface area (Å²) in [5.41, 5.74) is 1.63. The summed E-state index contributed by atoms with van der Waals surface area (Å²) >= 11 is 0. The molecule has 0 saturated heterocycles. The molecule has 1 aromatic heterocycles. The molecule has 0 aliphatic heterocycles. The zero-order chi connectivity index (χ0) is 15.3. The van der Waals surface area contributed by atoms with Crippen molar-refractivity contribution in [3.8, 4) is 0 Å². The maximum Gasteiger partial charge on any atom is 0.133 e. The first kappa shape index (κ1) is 16.6. The normalized spacial score (nSPS) is 25.1. The molecule has 3 heteroatoms. The number of hydrogen-bond donors (Lipinski definition) is 1. The molecule has 0 aromatic carbocycles. The van der Waals surface area contributed by atoms with E-state index in [1.165, 1.54) is 18.4 Å². The van der Waals surface area contributed by atoms with Crippen LogP contribution in [-0.4, -0.2) is 12.6 Å². The zero-order valence-corrected chi connectivity index (χ0v) is 14.1. The van der Waals surface area contributed by atoms with Crippen LogP contribution in [0.25, 0.3) is 0 Å². The zero-order valence-electron chi connectivity index (χ0n) is 14.1. The van der Waals surface area contributed by atoms with Crippen LogP contribution in [0, 0.1) is 11.3 Å². The Morgan fingerprint density at radius 2 is 2.19 bits per heavy atom. The monoisotopic (exact) mass is 293 g/mol. The van der Waals surface area contributed by atoms with Gasteiger partial charge in [0.2, 0.25) is 0 Å². The van der Waals surface area contributed by atoms with Gasteiger partial charge in [-0.15, -0.1) is 0 Å². The Balaban J connectivity index is 1.84. The Hall–Kier alpha value is -0.800. The second-order valence-corrected chi connectivity index (χ2v) is 7.39. The average molecular weight is 293 g/mol. The van der Waals surface area contributed by atoms with Crippen molar-refractivity contribution in [3.63, 3.8) is 0 Å². The lowest BCUT2D eigenvalue weighted by molar-refractivity contribution is -0.0371. The Morgan fingerprint density at radius 1 is 1.38 bits per heavy atom. The van der Waals surface area contributed by atoms with E-state index in [9.17, 15) is 0 Å². The van der Waals surface area contributed by atoms with E-state index in [4.69, 9.17) is 9.15 Å². The molecule has 1 N–H and O–H groups in total. The third-order valence-corrected chi connectivity index (χ3v) is 4.38. The fourth-order valence-electron chi connectivity index (χ4n) is 3.63. The maximum absolute atomic E-state index is 6.16. The standard InChI is InChI=1S/C18H31NO2/c1-5-7-19-12-15-6-8-20-17(15)13-21-16-9-14(2)10-18(3,4)11-16/h6,8,14,16,19H,5,7,9-13H2,1-4H3. The summed E-state index contributed by atoms with van der Waals surface area (Å²) in [4.78, 5) is 0. The van der Waals surface area contributed by atoms with Gasteiger partial charge in [-0.1, -0.05) is 27.7 Å². The highest BCUT2D eigenvalue weighted by Crippen LogP contribution is 2.39. The maximum atomic E-state index is 6.16. The molecule has 1 aliphatic rings. The van der Waals surface area contributed by atoms with E-state index in [1.807, 2.05) is 0 Å². The Kier molecular flexibility index (Phi) is 5.88. The highest BCUT2D eigenvalue weighted by atomic mass is 16.5. The second kappa shape index (κ2) is 7.46. The van der Waals surface area contributed by atoms with Gasteiger partial charge in [0.1, 0.15) is 12.4 Å². The number of hydrogen-bond acceptors (Lipinski definition) is 3. The van der Waals surface area contributed by atoms with Gasteiger partial charge in [0.25, 0.3) is 0 Å². The third-order valence-electron chi connectivity index (χ3n) is 4.38. The van der Waals surface area contributed by atoms with E-state index in [0.29, 0.717) is 18.1 Å². The first-order chi connectivity index (χ1) is 10.00. The third kappa shape index (κ3) is 5.15. The molecule has 1 saturated carbocycles. The molecule has 0 bridgehead atoms. The molecule has 3 nitrogen and oxygen atoms in total. The fraction of sp³-hybridized carbons (Fsp3) is 0.778. The van der Waals surface area contributed by atoms with Gasteiger partial charge in [-0.3, -0.25) is 0 Å². The quantitative estimate of drug-likeness (QED) is 0.751. The minimum Gasteiger partial charge on any atom is -0.467 e. The van der Waals surface area contributed by atoms with E-state index >= 15 is 0 Å². The highest BCUT2D eigenvalue weighted by molar-refractivity contribution is 5.16. The lowest BCUT2D eigenvalue weighted by atomic mass is 9.71. The molecular formula is C18H31NO2. The van der Waals surface area contributed by atoms with Gasteiger partial charge in [-0.25, -0.2) is 0 Å². The van der Waals surface area contributed by atoms with Crippen LogP contribution in [0.3, 0.4) is 0 Å². The molecule has 1 aliphatic carbocycles. The summed E-state index contributed by atoms with van der Waals surface area (Å²) in [6.45, 7) is 11.7. The molecule has 120 valence electrons. The summed E-state index contributed by atoms with van der Waals surface area (Å²) in [5, 5.41) is 3.42. The first-order valence-electron chi connectivity index (χ1n) is 8.37. The van der Waals surface area contributed by atoms with Crippen molar-refractivity contribution < 1.29 is 9.15 Å². The smallest absolute Gasteiger partial charge is 0.133 e. The molecule has 1 fully saturated rings. The molecule has 1 heterocycles. The molecule has 2 atom stereocenters. The molecule has 21 heavy (non-hydrogen) atoms. The lowest BCUT2D eigenvalue weighted by Crippen LogP contribution is -2.32. The lowest BCUT2D eigenvalue weighted by Gasteiger charge is -2.38. The molecule has 0 spiro atoms. The van der Waals surface area contributed by atoms with Crippen LogP contribution in [0.5, 0.6) is 0 Å². The van der Waals surface area contributed by atoms with Crippen LogP contribution in [0.4, 0.5) is 0 Å². The molecule has 2 rings (SSSR count). The second-order valence-electron chi connectivity index (χ2n) is 7.39. The van der Waals surface area contributed by atoms with Crippen LogP contribution < -0.4 is 5.32 Å². The van der Waals surface area contributed by atoms with Crippen LogP contribution in [-0.2, 0) is 17.9 Å². The minimum atomic E-state index is 0.366. The minimum absolute atomic E-state index is 0.366. The van der Waals surface area contributed by atoms with Crippen molar-refractivity contribution in [2.45, 2.75) is 72.6 Å². The van der Waals surface area contributed by atoms with Crippen LogP contribution in [0.2, 0.25) is 0 Å². The topological polar surface area (TPSA) is 34.4 Å². The summed E-state index contributed by atoms with van der Waals surface area (Å²) in [5.74, 6) is 1.73. The number of furan rings is 1. The van der Waals surface area contributed by atoms with Crippen LogP contribution in [0.1, 0.15) is 64.7 Å². The highest BCUT2D eigenvalue weighted by Gasteiger charge is 2.32. The van der Waals surface area contributed by atoms with Crippen LogP contribution >= 0.6 is 0 Å². The molecule has 2 unspecified atom stereocenters. The molecular weight excluding hydrogens is 262 g/mol. The van der Waals surface area contributed by atoms with E-state index in [1.54, 1.807) is 6.26 Å². The van der Waals surface area contributed by atoms with Gasteiger partial charge >= 0.3 is 0 Å². The average Bonchev–Trinajstić information content (AvgIpc) is 2.82. The van der Waals surface area contributed by atoms with E-state index in [0.717, 1.165) is 37.6 Å². The van der Waals surface area contributed by atoms with Gasteiger partial charge in [0.05, 0.1) is 12.4 Å². The van der Waals surface area contributed by atoms with Gasteiger partial charge in [0, 0.05) is 12.1 Å². The van der Waals surface area contributed by atoms with Gasteiger partial charge < -0.3 is 14.5 Å². The number of ether oxygens (including phenoxy) is 1. The summed E-state index contributed by atoms with van der Waals surface area (Å²) in [7, 11) is 0. The van der Waals surface area contributed by atoms with Crippen molar-refractivity contribution in [1.29, 1.82) is 0 Å². The molecule has 0 radical (unpaired) electrons. The van der Waals surface area contributed by atoms with Crippen molar-refractivity contribution in [2.75, 3.05) is 6.54 Å². The SMILES string of the molecule is CCCNCc1ccoc1COC1CC(C)CC(C)(C)C1. The Bertz CT molecular complexity index is 425. The van der Waals surface area contributed by atoms with Gasteiger partial charge in [-0.2, -0.15) is 0 Å². The first-order valence-corrected chi connectivity index (χ1v) is 8.37.